The van der Waals surface area contributed by atoms with Crippen LogP contribution in [0.15, 0.2) is 18.2 Å². The standard InChI is InChI=1S/C12H13F3O3/c1-7-9-4-8(12(13,14)15)2-3-10(9)11(17,5-16)6-18-7/h2-4,7,16-17H,5-6H2,1H3. The average Bonchev–Trinajstić information content (AvgIpc) is 2.33. The van der Waals surface area contributed by atoms with Gasteiger partial charge in [-0.15, -0.1) is 0 Å². The van der Waals surface area contributed by atoms with Gasteiger partial charge in [0.15, 0.2) is 0 Å². The van der Waals surface area contributed by atoms with Gasteiger partial charge in [0.2, 0.25) is 0 Å². The molecule has 2 N–H and O–H groups in total. The Morgan fingerprint density at radius 2 is 2.11 bits per heavy atom. The Hall–Kier alpha value is -1.11. The Bertz CT molecular complexity index is 458. The molecule has 2 unspecified atom stereocenters. The lowest BCUT2D eigenvalue weighted by Crippen LogP contribution is -2.40. The third kappa shape index (κ3) is 2.11. The van der Waals surface area contributed by atoms with Gasteiger partial charge in [0, 0.05) is 0 Å². The summed E-state index contributed by atoms with van der Waals surface area (Å²) in [6, 6.07) is 3.06. The van der Waals surface area contributed by atoms with Crippen LogP contribution in [-0.2, 0) is 16.5 Å². The van der Waals surface area contributed by atoms with E-state index in [-0.39, 0.29) is 17.7 Å². The highest BCUT2D eigenvalue weighted by molar-refractivity contribution is 5.40. The van der Waals surface area contributed by atoms with Crippen molar-refractivity contribution in [2.75, 3.05) is 13.2 Å². The van der Waals surface area contributed by atoms with Crippen LogP contribution in [0.5, 0.6) is 0 Å². The number of ether oxygens (including phenoxy) is 1. The number of aliphatic hydroxyl groups is 2. The van der Waals surface area contributed by atoms with Gasteiger partial charge in [-0.3, -0.25) is 0 Å². The van der Waals surface area contributed by atoms with Crippen molar-refractivity contribution in [2.45, 2.75) is 24.8 Å². The molecule has 0 aromatic heterocycles. The first-order chi connectivity index (χ1) is 8.28. The quantitative estimate of drug-likeness (QED) is 0.813. The van der Waals surface area contributed by atoms with E-state index in [9.17, 15) is 18.3 Å². The van der Waals surface area contributed by atoms with Crippen molar-refractivity contribution in [3.63, 3.8) is 0 Å². The van der Waals surface area contributed by atoms with Crippen molar-refractivity contribution < 1.29 is 28.1 Å². The van der Waals surface area contributed by atoms with Crippen LogP contribution in [0, 0.1) is 0 Å². The topological polar surface area (TPSA) is 49.7 Å². The number of rotatable bonds is 1. The molecule has 0 spiro atoms. The van der Waals surface area contributed by atoms with E-state index >= 15 is 0 Å². The summed E-state index contributed by atoms with van der Waals surface area (Å²) in [5.41, 5.74) is -1.88. The summed E-state index contributed by atoms with van der Waals surface area (Å²) < 4.78 is 43.0. The molecule has 6 heteroatoms. The monoisotopic (exact) mass is 262 g/mol. The van der Waals surface area contributed by atoms with Crippen molar-refractivity contribution in [3.05, 3.63) is 34.9 Å². The molecule has 2 rings (SSSR count). The van der Waals surface area contributed by atoms with E-state index in [4.69, 9.17) is 9.84 Å². The Morgan fingerprint density at radius 3 is 2.67 bits per heavy atom. The van der Waals surface area contributed by atoms with Crippen molar-refractivity contribution in [2.24, 2.45) is 0 Å². The van der Waals surface area contributed by atoms with Crippen LogP contribution < -0.4 is 0 Å². The number of hydrogen-bond donors (Lipinski definition) is 2. The van der Waals surface area contributed by atoms with Crippen molar-refractivity contribution >= 4 is 0 Å². The van der Waals surface area contributed by atoms with Gasteiger partial charge < -0.3 is 14.9 Å². The Labute approximate surface area is 102 Å². The lowest BCUT2D eigenvalue weighted by atomic mass is 9.85. The molecule has 0 saturated carbocycles. The minimum Gasteiger partial charge on any atom is -0.393 e. The Kier molecular flexibility index (Phi) is 3.12. The molecule has 0 aliphatic carbocycles. The van der Waals surface area contributed by atoms with E-state index < -0.39 is 30.1 Å². The van der Waals surface area contributed by atoms with Crippen LogP contribution >= 0.6 is 0 Å². The fraction of sp³-hybridized carbons (Fsp3) is 0.500. The van der Waals surface area contributed by atoms with Crippen LogP contribution in [0.3, 0.4) is 0 Å². The fourth-order valence-corrected chi connectivity index (χ4v) is 2.06. The third-order valence-electron chi connectivity index (χ3n) is 3.15. The summed E-state index contributed by atoms with van der Waals surface area (Å²) in [4.78, 5) is 0. The zero-order valence-electron chi connectivity index (χ0n) is 9.66. The van der Waals surface area contributed by atoms with E-state index in [0.717, 1.165) is 12.1 Å². The highest BCUT2D eigenvalue weighted by atomic mass is 19.4. The smallest absolute Gasteiger partial charge is 0.393 e. The van der Waals surface area contributed by atoms with Crippen LogP contribution in [0.4, 0.5) is 13.2 Å². The number of alkyl halides is 3. The molecule has 1 aromatic rings. The van der Waals surface area contributed by atoms with E-state index in [1.807, 2.05) is 0 Å². The summed E-state index contributed by atoms with van der Waals surface area (Å²) in [5, 5.41) is 19.2. The first kappa shape index (κ1) is 13.3. The van der Waals surface area contributed by atoms with Gasteiger partial charge in [-0.2, -0.15) is 13.2 Å². The maximum absolute atomic E-state index is 12.6. The van der Waals surface area contributed by atoms with Crippen molar-refractivity contribution in [3.8, 4) is 0 Å². The molecule has 100 valence electrons. The maximum Gasteiger partial charge on any atom is 0.416 e. The van der Waals surface area contributed by atoms with Gasteiger partial charge in [-0.25, -0.2) is 0 Å². The highest BCUT2D eigenvalue weighted by Gasteiger charge is 2.39. The molecule has 0 radical (unpaired) electrons. The molecule has 1 aliphatic heterocycles. The molecule has 1 heterocycles. The van der Waals surface area contributed by atoms with Gasteiger partial charge in [0.1, 0.15) is 5.60 Å². The van der Waals surface area contributed by atoms with Crippen LogP contribution in [0.25, 0.3) is 0 Å². The molecular formula is C12H13F3O3. The summed E-state index contributed by atoms with van der Waals surface area (Å²) in [6.07, 6.45) is -4.99. The second-order valence-corrected chi connectivity index (χ2v) is 4.44. The third-order valence-corrected chi connectivity index (χ3v) is 3.15. The molecule has 2 atom stereocenters. The van der Waals surface area contributed by atoms with Crippen LogP contribution in [0.1, 0.15) is 29.7 Å². The molecule has 0 fully saturated rings. The van der Waals surface area contributed by atoms with Crippen molar-refractivity contribution in [1.29, 1.82) is 0 Å². The number of halogens is 3. The first-order valence-corrected chi connectivity index (χ1v) is 5.44. The van der Waals surface area contributed by atoms with Gasteiger partial charge in [0.25, 0.3) is 0 Å². The van der Waals surface area contributed by atoms with Gasteiger partial charge in [-0.05, 0) is 30.2 Å². The van der Waals surface area contributed by atoms with E-state index in [1.54, 1.807) is 6.92 Å². The maximum atomic E-state index is 12.6. The largest absolute Gasteiger partial charge is 0.416 e. The van der Waals surface area contributed by atoms with E-state index in [2.05, 4.69) is 0 Å². The summed E-state index contributed by atoms with van der Waals surface area (Å²) >= 11 is 0. The van der Waals surface area contributed by atoms with Crippen LogP contribution in [0.2, 0.25) is 0 Å². The molecule has 0 amide bonds. The first-order valence-electron chi connectivity index (χ1n) is 5.44. The minimum absolute atomic E-state index is 0.136. The van der Waals surface area contributed by atoms with Gasteiger partial charge in [0.05, 0.1) is 24.9 Å². The fourth-order valence-electron chi connectivity index (χ4n) is 2.06. The second kappa shape index (κ2) is 4.22. The number of hydrogen-bond acceptors (Lipinski definition) is 3. The van der Waals surface area contributed by atoms with Gasteiger partial charge >= 0.3 is 6.18 Å². The summed E-state index contributed by atoms with van der Waals surface area (Å²) in [6.45, 7) is 0.872. The molecular weight excluding hydrogens is 249 g/mol. The predicted molar refractivity (Wildman–Crippen MR) is 56.8 cm³/mol. The Morgan fingerprint density at radius 1 is 1.44 bits per heavy atom. The highest BCUT2D eigenvalue weighted by Crippen LogP contribution is 2.39. The lowest BCUT2D eigenvalue weighted by Gasteiger charge is -2.36. The predicted octanol–water partition coefficient (Wildman–Crippen LogP) is 1.98. The molecule has 3 nitrogen and oxygen atoms in total. The molecule has 0 bridgehead atoms. The number of benzene rings is 1. The van der Waals surface area contributed by atoms with Gasteiger partial charge in [-0.1, -0.05) is 6.07 Å². The molecule has 1 aromatic carbocycles. The van der Waals surface area contributed by atoms with Crippen LogP contribution in [-0.4, -0.2) is 23.4 Å². The molecule has 0 saturated heterocycles. The minimum atomic E-state index is -4.44. The normalized spacial score (nSPS) is 28.0. The summed E-state index contributed by atoms with van der Waals surface area (Å²) in [7, 11) is 0. The zero-order valence-corrected chi connectivity index (χ0v) is 9.66. The zero-order chi connectivity index (χ0) is 13.6. The molecule has 1 aliphatic rings. The average molecular weight is 262 g/mol. The SMILES string of the molecule is CC1OCC(O)(CO)c2ccc(C(F)(F)F)cc21. The van der Waals surface area contributed by atoms with E-state index in [1.165, 1.54) is 6.07 Å². The number of fused-ring (bicyclic) bond motifs is 1. The second-order valence-electron chi connectivity index (χ2n) is 4.44. The van der Waals surface area contributed by atoms with E-state index in [0.29, 0.717) is 0 Å². The molecule has 18 heavy (non-hydrogen) atoms. The van der Waals surface area contributed by atoms with Crippen molar-refractivity contribution in [1.82, 2.24) is 0 Å². The lowest BCUT2D eigenvalue weighted by molar-refractivity contribution is -0.138. The number of aliphatic hydroxyl groups excluding tert-OH is 1. The summed E-state index contributed by atoms with van der Waals surface area (Å²) in [5.74, 6) is 0. The Balaban J connectivity index is 2.54.